The molecule has 2 aromatic rings. The Bertz CT molecular complexity index is 784. The summed E-state index contributed by atoms with van der Waals surface area (Å²) >= 11 is 6.83. The molecule has 0 atom stereocenters. The zero-order chi connectivity index (χ0) is 18.4. The molecule has 1 N–H and O–H groups in total. The van der Waals surface area contributed by atoms with Gasteiger partial charge in [0.05, 0.1) is 22.3 Å². The SMILES string of the molecule is COc1c(Br)cc(/C=N\NC(=O)COc2ccc(C)c(C)c2)cc1Br. The summed E-state index contributed by atoms with van der Waals surface area (Å²) in [5.41, 5.74) is 5.54. The van der Waals surface area contributed by atoms with Gasteiger partial charge < -0.3 is 9.47 Å². The van der Waals surface area contributed by atoms with Gasteiger partial charge in [-0.1, -0.05) is 6.07 Å². The minimum absolute atomic E-state index is 0.101. The van der Waals surface area contributed by atoms with Crippen LogP contribution in [0.1, 0.15) is 16.7 Å². The molecule has 7 heteroatoms. The largest absolute Gasteiger partial charge is 0.494 e. The van der Waals surface area contributed by atoms with Crippen LogP contribution in [0.25, 0.3) is 0 Å². The molecular formula is C18H18Br2N2O3. The Labute approximate surface area is 163 Å². The number of amides is 1. The number of hydrogen-bond acceptors (Lipinski definition) is 4. The third-order valence-electron chi connectivity index (χ3n) is 3.48. The number of methoxy groups -OCH3 is 1. The second kappa shape index (κ2) is 9.01. The van der Waals surface area contributed by atoms with Crippen LogP contribution in [-0.2, 0) is 4.79 Å². The van der Waals surface area contributed by atoms with Crippen molar-refractivity contribution < 1.29 is 14.3 Å². The molecule has 2 aromatic carbocycles. The normalized spacial score (nSPS) is 10.8. The second-order valence-electron chi connectivity index (χ2n) is 5.35. The van der Waals surface area contributed by atoms with Gasteiger partial charge in [-0.3, -0.25) is 4.79 Å². The third-order valence-corrected chi connectivity index (χ3v) is 4.65. The highest BCUT2D eigenvalue weighted by Gasteiger charge is 2.07. The predicted molar refractivity (Wildman–Crippen MR) is 106 cm³/mol. The van der Waals surface area contributed by atoms with Crippen molar-refractivity contribution >= 4 is 44.0 Å². The van der Waals surface area contributed by atoms with Crippen LogP contribution in [0.2, 0.25) is 0 Å². The summed E-state index contributed by atoms with van der Waals surface area (Å²) in [6.07, 6.45) is 1.54. The van der Waals surface area contributed by atoms with Crippen LogP contribution < -0.4 is 14.9 Å². The molecule has 2 rings (SSSR count). The van der Waals surface area contributed by atoms with Gasteiger partial charge >= 0.3 is 0 Å². The van der Waals surface area contributed by atoms with Gasteiger partial charge in [0, 0.05) is 0 Å². The third kappa shape index (κ3) is 5.57. The van der Waals surface area contributed by atoms with Crippen molar-refractivity contribution in [2.24, 2.45) is 5.10 Å². The van der Waals surface area contributed by atoms with Gasteiger partial charge in [0.25, 0.3) is 5.91 Å². The maximum absolute atomic E-state index is 11.8. The molecule has 132 valence electrons. The van der Waals surface area contributed by atoms with E-state index < -0.39 is 0 Å². The summed E-state index contributed by atoms with van der Waals surface area (Å²) in [5.74, 6) is 1.02. The highest BCUT2D eigenvalue weighted by atomic mass is 79.9. The van der Waals surface area contributed by atoms with Crippen molar-refractivity contribution in [3.8, 4) is 11.5 Å². The Hall–Kier alpha value is -1.86. The van der Waals surface area contributed by atoms with Crippen molar-refractivity contribution in [2.75, 3.05) is 13.7 Å². The molecule has 0 unspecified atom stereocenters. The Morgan fingerprint density at radius 2 is 1.84 bits per heavy atom. The summed E-state index contributed by atoms with van der Waals surface area (Å²) in [7, 11) is 1.59. The van der Waals surface area contributed by atoms with Crippen LogP contribution in [0.15, 0.2) is 44.4 Å². The van der Waals surface area contributed by atoms with Crippen molar-refractivity contribution in [3.05, 3.63) is 56.0 Å². The standard InChI is InChI=1S/C18H18Br2N2O3/c1-11-4-5-14(6-12(11)2)25-10-17(23)22-21-9-13-7-15(19)18(24-3)16(20)8-13/h4-9H,10H2,1-3H3,(H,22,23)/b21-9-. The number of halogens is 2. The summed E-state index contributed by atoms with van der Waals surface area (Å²) < 4.78 is 12.3. The summed E-state index contributed by atoms with van der Waals surface area (Å²) in [6, 6.07) is 9.37. The number of hydrazone groups is 1. The lowest BCUT2D eigenvalue weighted by molar-refractivity contribution is -0.123. The minimum Gasteiger partial charge on any atom is -0.494 e. The van der Waals surface area contributed by atoms with E-state index in [4.69, 9.17) is 9.47 Å². The molecule has 0 aliphatic heterocycles. The van der Waals surface area contributed by atoms with Gasteiger partial charge in [-0.05, 0) is 86.7 Å². The fraction of sp³-hybridized carbons (Fsp3) is 0.222. The number of ether oxygens (including phenoxy) is 2. The molecule has 25 heavy (non-hydrogen) atoms. The van der Waals surface area contributed by atoms with E-state index in [1.807, 2.05) is 44.2 Å². The summed E-state index contributed by atoms with van der Waals surface area (Å²) in [4.78, 5) is 11.8. The molecule has 0 aromatic heterocycles. The zero-order valence-electron chi connectivity index (χ0n) is 14.1. The van der Waals surface area contributed by atoms with Crippen molar-refractivity contribution in [1.29, 1.82) is 0 Å². The van der Waals surface area contributed by atoms with Gasteiger partial charge in [-0.15, -0.1) is 0 Å². The number of carbonyl (C=O) groups is 1. The first kappa shape index (κ1) is 19.5. The molecule has 0 radical (unpaired) electrons. The summed E-state index contributed by atoms with van der Waals surface area (Å²) in [6.45, 7) is 3.92. The first-order valence-corrected chi connectivity index (χ1v) is 9.04. The maximum Gasteiger partial charge on any atom is 0.277 e. The van der Waals surface area contributed by atoms with E-state index in [0.29, 0.717) is 11.5 Å². The number of rotatable bonds is 6. The smallest absolute Gasteiger partial charge is 0.277 e. The van der Waals surface area contributed by atoms with Crippen LogP contribution >= 0.6 is 31.9 Å². The minimum atomic E-state index is -0.332. The van der Waals surface area contributed by atoms with Gasteiger partial charge in [0.1, 0.15) is 11.5 Å². The van der Waals surface area contributed by atoms with Gasteiger partial charge in [0.15, 0.2) is 6.61 Å². The van der Waals surface area contributed by atoms with Crippen LogP contribution in [0, 0.1) is 13.8 Å². The average Bonchev–Trinajstić information content (AvgIpc) is 2.56. The molecule has 0 bridgehead atoms. The quantitative estimate of drug-likeness (QED) is 0.504. The Balaban J connectivity index is 1.89. The van der Waals surface area contributed by atoms with Gasteiger partial charge in [-0.2, -0.15) is 5.10 Å². The number of nitrogens with zero attached hydrogens (tertiary/aromatic N) is 1. The van der Waals surface area contributed by atoms with E-state index in [0.717, 1.165) is 20.1 Å². The molecule has 0 heterocycles. The predicted octanol–water partition coefficient (Wildman–Crippen LogP) is 4.37. The van der Waals surface area contributed by atoms with Crippen molar-refractivity contribution in [2.45, 2.75) is 13.8 Å². The number of hydrogen-bond donors (Lipinski definition) is 1. The van der Waals surface area contributed by atoms with Crippen LogP contribution in [0.5, 0.6) is 11.5 Å². The Morgan fingerprint density at radius 1 is 1.16 bits per heavy atom. The fourth-order valence-electron chi connectivity index (χ4n) is 2.01. The van der Waals surface area contributed by atoms with Gasteiger partial charge in [-0.25, -0.2) is 5.43 Å². The lowest BCUT2D eigenvalue weighted by Gasteiger charge is -2.08. The van der Waals surface area contributed by atoms with E-state index >= 15 is 0 Å². The molecule has 5 nitrogen and oxygen atoms in total. The molecule has 0 aliphatic rings. The lowest BCUT2D eigenvalue weighted by Crippen LogP contribution is -2.24. The number of carbonyl (C=O) groups excluding carboxylic acids is 1. The van der Waals surface area contributed by atoms with E-state index in [1.165, 1.54) is 5.56 Å². The number of aryl methyl sites for hydroxylation is 2. The van der Waals surface area contributed by atoms with Crippen LogP contribution in [0.4, 0.5) is 0 Å². The molecule has 0 saturated heterocycles. The lowest BCUT2D eigenvalue weighted by atomic mass is 10.1. The van der Waals surface area contributed by atoms with Crippen LogP contribution in [-0.4, -0.2) is 25.8 Å². The van der Waals surface area contributed by atoms with Crippen molar-refractivity contribution in [1.82, 2.24) is 5.43 Å². The summed E-state index contributed by atoms with van der Waals surface area (Å²) in [5, 5.41) is 3.94. The molecular weight excluding hydrogens is 452 g/mol. The second-order valence-corrected chi connectivity index (χ2v) is 7.05. The Morgan fingerprint density at radius 3 is 2.44 bits per heavy atom. The molecule has 0 saturated carbocycles. The van der Waals surface area contributed by atoms with E-state index in [9.17, 15) is 4.79 Å². The Kier molecular flexibility index (Phi) is 7.01. The average molecular weight is 470 g/mol. The highest BCUT2D eigenvalue weighted by molar-refractivity contribution is 9.11. The first-order valence-electron chi connectivity index (χ1n) is 7.45. The number of benzene rings is 2. The van der Waals surface area contributed by atoms with Gasteiger partial charge in [0.2, 0.25) is 0 Å². The van der Waals surface area contributed by atoms with Crippen LogP contribution in [0.3, 0.4) is 0 Å². The monoisotopic (exact) mass is 468 g/mol. The maximum atomic E-state index is 11.8. The topological polar surface area (TPSA) is 59.9 Å². The van der Waals surface area contributed by atoms with E-state index in [-0.39, 0.29) is 12.5 Å². The highest BCUT2D eigenvalue weighted by Crippen LogP contribution is 2.33. The zero-order valence-corrected chi connectivity index (χ0v) is 17.3. The molecule has 0 aliphatic carbocycles. The van der Waals surface area contributed by atoms with Crippen molar-refractivity contribution in [3.63, 3.8) is 0 Å². The molecule has 0 spiro atoms. The fourth-order valence-corrected chi connectivity index (χ4v) is 3.56. The van der Waals surface area contributed by atoms with E-state index in [2.05, 4.69) is 42.4 Å². The molecule has 0 fully saturated rings. The number of nitrogens with one attached hydrogen (secondary N) is 1. The first-order chi connectivity index (χ1) is 11.9. The van der Waals surface area contributed by atoms with E-state index in [1.54, 1.807) is 13.3 Å². The molecule has 1 amide bonds.